The Kier molecular flexibility index (Phi) is 3.26. The van der Waals surface area contributed by atoms with Gasteiger partial charge in [-0.2, -0.15) is 5.10 Å². The number of aromatic nitrogens is 3. The second-order valence-electron chi connectivity index (χ2n) is 3.52. The minimum Gasteiger partial charge on any atom is -0.394 e. The summed E-state index contributed by atoms with van der Waals surface area (Å²) in [7, 11) is -2.14. The number of hydrogen-bond donors (Lipinski definition) is 2. The van der Waals surface area contributed by atoms with Crippen molar-refractivity contribution >= 4 is 37.5 Å². The second-order valence-corrected chi connectivity index (χ2v) is 6.11. The third kappa shape index (κ3) is 2.46. The highest BCUT2D eigenvalue weighted by Crippen LogP contribution is 2.21. The molecule has 0 saturated carbocycles. The monoisotopic (exact) mass is 331 g/mol. The predicted octanol–water partition coefficient (Wildman–Crippen LogP) is 0.961. The number of rotatable bonds is 3. The maximum absolute atomic E-state index is 12.1. The van der Waals surface area contributed by atoms with Gasteiger partial charge in [-0.25, -0.2) is 8.42 Å². The summed E-state index contributed by atoms with van der Waals surface area (Å²) < 4.78 is 28.5. The van der Waals surface area contributed by atoms with E-state index in [2.05, 4.69) is 30.7 Å². The number of pyridine rings is 1. The van der Waals surface area contributed by atoms with Gasteiger partial charge in [0.1, 0.15) is 4.90 Å². The van der Waals surface area contributed by atoms with Crippen LogP contribution in [-0.2, 0) is 17.1 Å². The van der Waals surface area contributed by atoms with Crippen molar-refractivity contribution < 1.29 is 8.42 Å². The number of halogens is 1. The maximum Gasteiger partial charge on any atom is 0.264 e. The Bertz CT molecular complexity index is 663. The molecule has 0 aliphatic rings. The molecule has 3 N–H and O–H groups in total. The molecule has 2 heterocycles. The highest BCUT2D eigenvalue weighted by molar-refractivity contribution is 9.10. The summed E-state index contributed by atoms with van der Waals surface area (Å²) in [4.78, 5) is 3.84. The van der Waals surface area contributed by atoms with Crippen LogP contribution in [0.4, 0.5) is 11.5 Å². The van der Waals surface area contributed by atoms with Crippen LogP contribution in [0.15, 0.2) is 34.0 Å². The summed E-state index contributed by atoms with van der Waals surface area (Å²) in [5.41, 5.74) is 5.88. The van der Waals surface area contributed by atoms with E-state index in [-0.39, 0.29) is 16.4 Å². The second kappa shape index (κ2) is 4.58. The van der Waals surface area contributed by atoms with Crippen LogP contribution < -0.4 is 10.5 Å². The average molecular weight is 332 g/mol. The lowest BCUT2D eigenvalue weighted by atomic mass is 10.5. The Hall–Kier alpha value is -1.61. The van der Waals surface area contributed by atoms with Crippen LogP contribution in [0, 0.1) is 0 Å². The van der Waals surface area contributed by atoms with Crippen molar-refractivity contribution in [1.82, 2.24) is 14.8 Å². The first-order valence-corrected chi connectivity index (χ1v) is 7.08. The first-order valence-electron chi connectivity index (χ1n) is 4.81. The Balaban J connectivity index is 2.39. The van der Waals surface area contributed by atoms with Gasteiger partial charge in [-0.3, -0.25) is 14.4 Å². The van der Waals surface area contributed by atoms with Gasteiger partial charge in [-0.15, -0.1) is 0 Å². The van der Waals surface area contributed by atoms with Crippen LogP contribution in [0.1, 0.15) is 0 Å². The molecule has 2 aromatic heterocycles. The van der Waals surface area contributed by atoms with E-state index in [1.807, 2.05) is 0 Å². The number of nitrogen functional groups attached to an aromatic ring is 1. The zero-order chi connectivity index (χ0) is 13.3. The van der Waals surface area contributed by atoms with Crippen molar-refractivity contribution in [3.63, 3.8) is 0 Å². The third-order valence-corrected chi connectivity index (χ3v) is 3.93. The normalized spacial score (nSPS) is 11.4. The highest BCUT2D eigenvalue weighted by Gasteiger charge is 2.18. The Morgan fingerprint density at radius 3 is 2.67 bits per heavy atom. The molecule has 0 bridgehead atoms. The lowest BCUT2D eigenvalue weighted by Crippen LogP contribution is -2.16. The van der Waals surface area contributed by atoms with E-state index in [0.29, 0.717) is 4.47 Å². The van der Waals surface area contributed by atoms with E-state index in [1.54, 1.807) is 7.05 Å². The molecule has 0 saturated heterocycles. The van der Waals surface area contributed by atoms with Gasteiger partial charge in [0.2, 0.25) is 0 Å². The van der Waals surface area contributed by atoms with Crippen LogP contribution in [0.5, 0.6) is 0 Å². The van der Waals surface area contributed by atoms with Crippen LogP contribution in [-0.4, -0.2) is 23.2 Å². The molecule has 2 rings (SSSR count). The van der Waals surface area contributed by atoms with Crippen molar-refractivity contribution in [2.75, 3.05) is 10.5 Å². The number of sulfonamides is 1. The molecule has 0 aliphatic heterocycles. The molecule has 9 heteroatoms. The van der Waals surface area contributed by atoms with Gasteiger partial charge < -0.3 is 5.73 Å². The molecular formula is C9H10BrN5O2S. The van der Waals surface area contributed by atoms with Crippen molar-refractivity contribution in [2.45, 2.75) is 4.90 Å². The predicted molar refractivity (Wildman–Crippen MR) is 70.4 cm³/mol. The molecule has 0 aromatic carbocycles. The van der Waals surface area contributed by atoms with Crippen LogP contribution in [0.25, 0.3) is 0 Å². The lowest BCUT2D eigenvalue weighted by Gasteiger charge is -2.08. The standard InChI is InChI=1S/C9H10BrN5O2S/c1-15-9(8(11)5-13-15)14-18(16,17)7-2-6(10)3-12-4-7/h2-5,14H,11H2,1H3. The molecule has 0 radical (unpaired) electrons. The van der Waals surface area contributed by atoms with Crippen molar-refractivity contribution in [3.05, 3.63) is 29.1 Å². The number of nitrogens with one attached hydrogen (secondary N) is 1. The van der Waals surface area contributed by atoms with Gasteiger partial charge in [-0.1, -0.05) is 0 Å². The Morgan fingerprint density at radius 1 is 1.39 bits per heavy atom. The van der Waals surface area contributed by atoms with E-state index in [1.165, 1.54) is 29.3 Å². The molecule has 2 aromatic rings. The highest BCUT2D eigenvalue weighted by atomic mass is 79.9. The minimum atomic E-state index is -3.73. The summed E-state index contributed by atoms with van der Waals surface area (Å²) in [5, 5.41) is 3.85. The van der Waals surface area contributed by atoms with E-state index in [9.17, 15) is 8.42 Å². The van der Waals surface area contributed by atoms with Gasteiger partial charge in [-0.05, 0) is 22.0 Å². The van der Waals surface area contributed by atoms with Gasteiger partial charge >= 0.3 is 0 Å². The van der Waals surface area contributed by atoms with Crippen LogP contribution >= 0.6 is 15.9 Å². The third-order valence-electron chi connectivity index (χ3n) is 2.19. The van der Waals surface area contributed by atoms with Gasteiger partial charge in [0.15, 0.2) is 5.82 Å². The Labute approximate surface area is 112 Å². The largest absolute Gasteiger partial charge is 0.394 e. The molecule has 0 amide bonds. The smallest absolute Gasteiger partial charge is 0.264 e. The summed E-state index contributed by atoms with van der Waals surface area (Å²) in [6, 6.07) is 1.45. The maximum atomic E-state index is 12.1. The number of anilines is 2. The number of nitrogens with two attached hydrogens (primary N) is 1. The van der Waals surface area contributed by atoms with E-state index < -0.39 is 10.0 Å². The molecule has 0 atom stereocenters. The fraction of sp³-hybridized carbons (Fsp3) is 0.111. The summed E-state index contributed by atoms with van der Waals surface area (Å²) in [6.07, 6.45) is 4.12. The molecule has 0 spiro atoms. The van der Waals surface area contributed by atoms with E-state index >= 15 is 0 Å². The fourth-order valence-electron chi connectivity index (χ4n) is 1.31. The molecular weight excluding hydrogens is 322 g/mol. The van der Waals surface area contributed by atoms with E-state index in [4.69, 9.17) is 5.73 Å². The summed E-state index contributed by atoms with van der Waals surface area (Å²) in [5.74, 6) is 0.218. The molecule has 7 nitrogen and oxygen atoms in total. The summed E-state index contributed by atoms with van der Waals surface area (Å²) in [6.45, 7) is 0. The number of aryl methyl sites for hydroxylation is 1. The molecule has 96 valence electrons. The zero-order valence-electron chi connectivity index (χ0n) is 9.33. The van der Waals surface area contributed by atoms with Crippen molar-refractivity contribution in [2.24, 2.45) is 7.05 Å². The lowest BCUT2D eigenvalue weighted by molar-refractivity contribution is 0.600. The first kappa shape index (κ1) is 12.8. The Morgan fingerprint density at radius 2 is 2.11 bits per heavy atom. The molecule has 0 aliphatic carbocycles. The quantitative estimate of drug-likeness (QED) is 0.871. The van der Waals surface area contributed by atoms with E-state index in [0.717, 1.165) is 0 Å². The van der Waals surface area contributed by atoms with Crippen molar-refractivity contribution in [1.29, 1.82) is 0 Å². The van der Waals surface area contributed by atoms with Gasteiger partial charge in [0, 0.05) is 23.9 Å². The van der Waals surface area contributed by atoms with Gasteiger partial charge in [0.25, 0.3) is 10.0 Å². The zero-order valence-corrected chi connectivity index (χ0v) is 11.7. The number of hydrogen-bond acceptors (Lipinski definition) is 5. The van der Waals surface area contributed by atoms with Crippen LogP contribution in [0.2, 0.25) is 0 Å². The molecule has 18 heavy (non-hydrogen) atoms. The molecule has 0 fully saturated rings. The topological polar surface area (TPSA) is 103 Å². The molecule has 0 unspecified atom stereocenters. The number of nitrogens with zero attached hydrogens (tertiary/aromatic N) is 3. The average Bonchev–Trinajstić information content (AvgIpc) is 2.60. The van der Waals surface area contributed by atoms with Gasteiger partial charge in [0.05, 0.1) is 11.9 Å². The fourth-order valence-corrected chi connectivity index (χ4v) is 2.93. The minimum absolute atomic E-state index is 0.0393. The SMILES string of the molecule is Cn1ncc(N)c1NS(=O)(=O)c1cncc(Br)c1. The van der Waals surface area contributed by atoms with Crippen LogP contribution in [0.3, 0.4) is 0 Å². The van der Waals surface area contributed by atoms with Crippen molar-refractivity contribution in [3.8, 4) is 0 Å². The summed E-state index contributed by atoms with van der Waals surface area (Å²) >= 11 is 3.16. The first-order chi connectivity index (χ1) is 8.40.